The van der Waals surface area contributed by atoms with Crippen molar-refractivity contribution in [1.29, 1.82) is 0 Å². The van der Waals surface area contributed by atoms with E-state index in [1.54, 1.807) is 24.5 Å². The highest BCUT2D eigenvalue weighted by molar-refractivity contribution is 5.99. The summed E-state index contributed by atoms with van der Waals surface area (Å²) in [5, 5.41) is 16.9. The molecule has 0 saturated carbocycles. The molecular weight excluding hydrogens is 456 g/mol. The third kappa shape index (κ3) is 5.02. The van der Waals surface area contributed by atoms with Crippen molar-refractivity contribution in [3.05, 3.63) is 79.1 Å². The van der Waals surface area contributed by atoms with Crippen molar-refractivity contribution in [1.82, 2.24) is 15.0 Å². The Morgan fingerprint density at radius 3 is 2.81 bits per heavy atom. The van der Waals surface area contributed by atoms with Crippen molar-refractivity contribution < 1.29 is 14.6 Å². The third-order valence-corrected chi connectivity index (χ3v) is 5.98. The van der Waals surface area contributed by atoms with Crippen LogP contribution >= 0.6 is 0 Å². The first-order valence-electron chi connectivity index (χ1n) is 11.6. The number of para-hydroxylation sites is 1. The molecule has 0 spiro atoms. The van der Waals surface area contributed by atoms with Crippen LogP contribution in [0.5, 0.6) is 0 Å². The summed E-state index contributed by atoms with van der Waals surface area (Å²) in [6, 6.07) is 15.2. The van der Waals surface area contributed by atoms with Crippen molar-refractivity contribution in [2.75, 3.05) is 41.8 Å². The first-order chi connectivity index (χ1) is 17.6. The molecule has 1 amide bonds. The van der Waals surface area contributed by atoms with Crippen LogP contribution in [0.1, 0.15) is 5.56 Å². The predicted molar refractivity (Wildman–Crippen MR) is 140 cm³/mol. The normalized spacial score (nSPS) is 13.4. The summed E-state index contributed by atoms with van der Waals surface area (Å²) in [6.45, 7) is 6.40. The van der Waals surface area contributed by atoms with Gasteiger partial charge in [-0.15, -0.1) is 0 Å². The fraction of sp³-hybridized carbons (Fsp3) is 0.185. The van der Waals surface area contributed by atoms with Gasteiger partial charge in [0.25, 0.3) is 0 Å². The number of hydrogen-bond donors (Lipinski definition) is 3. The quantitative estimate of drug-likeness (QED) is 0.340. The van der Waals surface area contributed by atoms with Crippen LogP contribution < -0.4 is 15.5 Å². The van der Waals surface area contributed by atoms with Gasteiger partial charge in [-0.05, 0) is 36.4 Å². The highest BCUT2D eigenvalue weighted by atomic mass is 16.5. The van der Waals surface area contributed by atoms with Gasteiger partial charge < -0.3 is 25.4 Å². The number of anilines is 4. The van der Waals surface area contributed by atoms with Crippen molar-refractivity contribution in [2.45, 2.75) is 6.61 Å². The Hall–Kier alpha value is -4.34. The van der Waals surface area contributed by atoms with Crippen molar-refractivity contribution in [2.24, 2.45) is 0 Å². The van der Waals surface area contributed by atoms with Gasteiger partial charge in [-0.1, -0.05) is 24.8 Å². The van der Waals surface area contributed by atoms with E-state index >= 15 is 0 Å². The van der Waals surface area contributed by atoms with Crippen LogP contribution in [0.25, 0.3) is 22.2 Å². The molecule has 5 rings (SSSR count). The van der Waals surface area contributed by atoms with E-state index in [-0.39, 0.29) is 12.5 Å². The monoisotopic (exact) mass is 482 g/mol. The molecule has 3 heterocycles. The number of morpholine rings is 1. The Kier molecular flexibility index (Phi) is 6.83. The zero-order valence-electron chi connectivity index (χ0n) is 19.6. The Morgan fingerprint density at radius 2 is 2.00 bits per heavy atom. The van der Waals surface area contributed by atoms with Crippen molar-refractivity contribution in [3.8, 4) is 11.3 Å². The topological polar surface area (TPSA) is 112 Å². The molecule has 3 N–H and O–H groups in total. The van der Waals surface area contributed by atoms with Crippen LogP contribution in [-0.2, 0) is 16.1 Å². The summed E-state index contributed by atoms with van der Waals surface area (Å²) in [5.74, 6) is 0.109. The SMILES string of the molecule is C=CC(=O)Nc1ccnc(-c2cccc3cnc(Nc4ccc(N5CCOCC5)cc4CO)nc23)c1. The molecule has 2 aromatic heterocycles. The van der Waals surface area contributed by atoms with E-state index in [0.717, 1.165) is 41.0 Å². The molecule has 1 saturated heterocycles. The van der Waals surface area contributed by atoms with Gasteiger partial charge in [0.15, 0.2) is 0 Å². The van der Waals surface area contributed by atoms with Gasteiger partial charge in [0, 0.05) is 59.1 Å². The second-order valence-corrected chi connectivity index (χ2v) is 8.28. The van der Waals surface area contributed by atoms with E-state index in [1.165, 1.54) is 6.08 Å². The summed E-state index contributed by atoms with van der Waals surface area (Å²) in [6.07, 6.45) is 4.60. The molecule has 0 atom stereocenters. The molecule has 0 radical (unpaired) electrons. The maximum Gasteiger partial charge on any atom is 0.247 e. The van der Waals surface area contributed by atoms with Gasteiger partial charge in [-0.3, -0.25) is 9.78 Å². The van der Waals surface area contributed by atoms with E-state index in [9.17, 15) is 9.90 Å². The molecule has 9 nitrogen and oxygen atoms in total. The number of aromatic nitrogens is 3. The molecule has 0 aliphatic carbocycles. The van der Waals surface area contributed by atoms with E-state index < -0.39 is 0 Å². The molecule has 182 valence electrons. The number of nitrogens with one attached hydrogen (secondary N) is 2. The number of pyridine rings is 1. The van der Waals surface area contributed by atoms with Gasteiger partial charge >= 0.3 is 0 Å². The molecule has 4 aromatic rings. The van der Waals surface area contributed by atoms with Crippen LogP contribution in [0, 0.1) is 0 Å². The summed E-state index contributed by atoms with van der Waals surface area (Å²) in [4.78, 5) is 27.7. The van der Waals surface area contributed by atoms with Crippen molar-refractivity contribution in [3.63, 3.8) is 0 Å². The van der Waals surface area contributed by atoms with E-state index in [0.29, 0.717) is 36.1 Å². The number of benzene rings is 2. The third-order valence-electron chi connectivity index (χ3n) is 5.98. The average molecular weight is 483 g/mol. The lowest BCUT2D eigenvalue weighted by atomic mass is 10.1. The van der Waals surface area contributed by atoms with Crippen LogP contribution in [0.3, 0.4) is 0 Å². The fourth-order valence-electron chi connectivity index (χ4n) is 4.14. The zero-order chi connectivity index (χ0) is 24.9. The number of ether oxygens (including phenoxy) is 1. The number of nitrogens with zero attached hydrogens (tertiary/aromatic N) is 4. The molecule has 36 heavy (non-hydrogen) atoms. The number of rotatable bonds is 7. The summed E-state index contributed by atoms with van der Waals surface area (Å²) >= 11 is 0. The second-order valence-electron chi connectivity index (χ2n) is 8.28. The van der Waals surface area contributed by atoms with Crippen molar-refractivity contribution >= 4 is 39.8 Å². The minimum atomic E-state index is -0.293. The maximum atomic E-state index is 11.7. The van der Waals surface area contributed by atoms with E-state index in [2.05, 4.69) is 32.1 Å². The molecule has 2 aromatic carbocycles. The Morgan fingerprint density at radius 1 is 1.14 bits per heavy atom. The van der Waals surface area contributed by atoms with E-state index in [4.69, 9.17) is 9.72 Å². The lowest BCUT2D eigenvalue weighted by Crippen LogP contribution is -2.36. The van der Waals surface area contributed by atoms with Crippen LogP contribution in [0.15, 0.2) is 73.6 Å². The summed E-state index contributed by atoms with van der Waals surface area (Å²) in [5.41, 5.74) is 5.33. The standard InChI is InChI=1S/C27H26N6O3/c1-2-25(35)30-20-8-9-28-24(15-20)22-5-3-4-18-16-29-27(32-26(18)22)31-23-7-6-21(14-19(23)17-34)33-10-12-36-13-11-33/h2-9,14-16,34H,1,10-13,17H2,(H,28,30,35)(H,29,31,32). The predicted octanol–water partition coefficient (Wildman–Crippen LogP) is 3.89. The number of fused-ring (bicyclic) bond motifs is 1. The highest BCUT2D eigenvalue weighted by Gasteiger charge is 2.14. The number of carbonyl (C=O) groups excluding carboxylic acids is 1. The lowest BCUT2D eigenvalue weighted by Gasteiger charge is -2.29. The first-order valence-corrected chi connectivity index (χ1v) is 11.6. The number of aliphatic hydroxyl groups excluding tert-OH is 1. The Bertz CT molecular complexity index is 1420. The summed E-state index contributed by atoms with van der Waals surface area (Å²) < 4.78 is 5.44. The molecule has 0 unspecified atom stereocenters. The zero-order valence-corrected chi connectivity index (χ0v) is 19.6. The number of aliphatic hydroxyl groups is 1. The number of hydrogen-bond acceptors (Lipinski definition) is 8. The second kappa shape index (κ2) is 10.5. The maximum absolute atomic E-state index is 11.7. The average Bonchev–Trinajstić information content (AvgIpc) is 2.93. The lowest BCUT2D eigenvalue weighted by molar-refractivity contribution is -0.111. The van der Waals surface area contributed by atoms with Gasteiger partial charge in [-0.2, -0.15) is 0 Å². The molecular formula is C27H26N6O3. The largest absolute Gasteiger partial charge is 0.392 e. The van der Waals surface area contributed by atoms with Crippen LogP contribution in [0.4, 0.5) is 23.0 Å². The fourth-order valence-corrected chi connectivity index (χ4v) is 4.14. The minimum absolute atomic E-state index is 0.119. The molecule has 1 aliphatic heterocycles. The summed E-state index contributed by atoms with van der Waals surface area (Å²) in [7, 11) is 0. The number of amides is 1. The van der Waals surface area contributed by atoms with Gasteiger partial charge in [-0.25, -0.2) is 9.97 Å². The molecule has 1 aliphatic rings. The number of carbonyl (C=O) groups is 1. The van der Waals surface area contributed by atoms with Crippen LogP contribution in [0.2, 0.25) is 0 Å². The smallest absolute Gasteiger partial charge is 0.247 e. The van der Waals surface area contributed by atoms with Gasteiger partial charge in [0.2, 0.25) is 11.9 Å². The Balaban J connectivity index is 1.46. The molecule has 0 bridgehead atoms. The van der Waals surface area contributed by atoms with E-state index in [1.807, 2.05) is 36.4 Å². The first kappa shape index (κ1) is 23.4. The van der Waals surface area contributed by atoms with Gasteiger partial charge in [0.05, 0.1) is 31.0 Å². The van der Waals surface area contributed by atoms with Crippen LogP contribution in [-0.4, -0.2) is 52.3 Å². The van der Waals surface area contributed by atoms with Gasteiger partial charge in [0.1, 0.15) is 0 Å². The minimum Gasteiger partial charge on any atom is -0.392 e. The molecule has 1 fully saturated rings. The highest BCUT2D eigenvalue weighted by Crippen LogP contribution is 2.30. The molecule has 9 heteroatoms. The Labute approximate surface area is 208 Å².